The van der Waals surface area contributed by atoms with E-state index in [1.54, 1.807) is 0 Å². The lowest BCUT2D eigenvalue weighted by atomic mass is 9.43. The fourth-order valence-corrected chi connectivity index (χ4v) is 8.92. The topological polar surface area (TPSA) is 26.3 Å². The van der Waals surface area contributed by atoms with Gasteiger partial charge in [-0.05, 0) is 105 Å². The maximum atomic E-state index is 12.0. The van der Waals surface area contributed by atoms with E-state index in [4.69, 9.17) is 4.74 Å². The van der Waals surface area contributed by atoms with Crippen molar-refractivity contribution in [2.45, 2.75) is 90.1 Å². The van der Waals surface area contributed by atoms with E-state index in [1.165, 1.54) is 64.2 Å². The van der Waals surface area contributed by atoms with Crippen LogP contribution in [-0.4, -0.2) is 19.0 Å². The first-order valence-corrected chi connectivity index (χ1v) is 11.1. The maximum absolute atomic E-state index is 12.0. The molecular weight excluding hydrogens is 308 g/mol. The molecule has 2 heteroatoms. The standard InChI is InChI=1S/C23H36O2/c1-22-10-8-18(25-2)14-15(22)3-5-19-20(22)9-12-23-11-7-17(24)13-16(23)4-6-21(19)23/h15-16,18-21H,3-14H2,1-2H3/t15-,16?,18+,19?,20?,21?,22-,23?/m0/s1. The molecule has 0 saturated heterocycles. The summed E-state index contributed by atoms with van der Waals surface area (Å²) in [6, 6.07) is 0. The van der Waals surface area contributed by atoms with Crippen molar-refractivity contribution in [1.29, 1.82) is 0 Å². The molecule has 8 atom stereocenters. The first-order chi connectivity index (χ1) is 12.1. The summed E-state index contributed by atoms with van der Waals surface area (Å²) in [5.74, 6) is 5.07. The van der Waals surface area contributed by atoms with E-state index >= 15 is 0 Å². The van der Waals surface area contributed by atoms with Gasteiger partial charge in [0.15, 0.2) is 0 Å². The molecule has 1 spiro atoms. The Morgan fingerprint density at radius 1 is 0.920 bits per heavy atom. The SMILES string of the molecule is CO[C@@H]1CC[C@]2(C)C3CCC45CCC(=O)CC4CCC5C3CC[C@H]2C1. The van der Waals surface area contributed by atoms with E-state index < -0.39 is 0 Å². The first-order valence-electron chi connectivity index (χ1n) is 11.1. The molecule has 5 aliphatic rings. The Balaban J connectivity index is 1.41. The zero-order chi connectivity index (χ0) is 17.2. The molecular formula is C23H36O2. The van der Waals surface area contributed by atoms with Gasteiger partial charge < -0.3 is 4.74 Å². The van der Waals surface area contributed by atoms with Gasteiger partial charge in [-0.2, -0.15) is 0 Å². The third-order valence-corrected chi connectivity index (χ3v) is 10.2. The van der Waals surface area contributed by atoms with Gasteiger partial charge in [0.1, 0.15) is 5.78 Å². The quantitative estimate of drug-likeness (QED) is 0.637. The number of ketones is 1. The average molecular weight is 345 g/mol. The number of Topliss-reactive ketones (excluding diaryl/α,β-unsaturated/α-hetero) is 1. The third kappa shape index (κ3) is 2.28. The zero-order valence-electron chi connectivity index (χ0n) is 16.3. The summed E-state index contributed by atoms with van der Waals surface area (Å²) >= 11 is 0. The zero-order valence-corrected chi connectivity index (χ0v) is 16.3. The molecule has 0 aromatic rings. The molecule has 0 aromatic carbocycles. The normalized spacial score (nSPS) is 55.0. The van der Waals surface area contributed by atoms with E-state index in [-0.39, 0.29) is 0 Å². The van der Waals surface area contributed by atoms with Gasteiger partial charge in [0, 0.05) is 20.0 Å². The summed E-state index contributed by atoms with van der Waals surface area (Å²) < 4.78 is 5.74. The molecule has 0 radical (unpaired) electrons. The van der Waals surface area contributed by atoms with Gasteiger partial charge in [-0.1, -0.05) is 6.92 Å². The van der Waals surface area contributed by atoms with Crippen LogP contribution >= 0.6 is 0 Å². The molecule has 2 nitrogen and oxygen atoms in total. The lowest BCUT2D eigenvalue weighted by molar-refractivity contribution is -0.146. The van der Waals surface area contributed by atoms with Crippen molar-refractivity contribution in [2.24, 2.45) is 40.4 Å². The number of ether oxygens (including phenoxy) is 1. The second-order valence-corrected chi connectivity index (χ2v) is 10.6. The summed E-state index contributed by atoms with van der Waals surface area (Å²) in [6.45, 7) is 2.65. The largest absolute Gasteiger partial charge is 0.381 e. The van der Waals surface area contributed by atoms with Gasteiger partial charge in [0.2, 0.25) is 0 Å². The highest BCUT2D eigenvalue weighted by Gasteiger charge is 2.62. The number of fused-ring (bicyclic) bond motifs is 4. The van der Waals surface area contributed by atoms with Crippen molar-refractivity contribution in [3.8, 4) is 0 Å². The van der Waals surface area contributed by atoms with Gasteiger partial charge in [0.05, 0.1) is 6.10 Å². The molecule has 5 aliphatic carbocycles. The van der Waals surface area contributed by atoms with Crippen molar-refractivity contribution < 1.29 is 9.53 Å². The summed E-state index contributed by atoms with van der Waals surface area (Å²) in [4.78, 5) is 12.0. The van der Waals surface area contributed by atoms with E-state index in [0.717, 1.165) is 42.4 Å². The molecule has 5 fully saturated rings. The molecule has 0 bridgehead atoms. The highest BCUT2D eigenvalue weighted by molar-refractivity contribution is 5.79. The minimum atomic E-state index is 0.518. The van der Waals surface area contributed by atoms with Gasteiger partial charge >= 0.3 is 0 Å². The van der Waals surface area contributed by atoms with Gasteiger partial charge in [0.25, 0.3) is 0 Å². The number of carbonyl (C=O) groups excluding carboxylic acids is 1. The predicted octanol–water partition coefficient (Wildman–Crippen LogP) is 5.39. The average Bonchev–Trinajstić information content (AvgIpc) is 3.00. The van der Waals surface area contributed by atoms with Crippen LogP contribution in [0.3, 0.4) is 0 Å². The van der Waals surface area contributed by atoms with Crippen LogP contribution in [0.1, 0.15) is 84.0 Å². The Morgan fingerprint density at radius 2 is 1.76 bits per heavy atom. The van der Waals surface area contributed by atoms with Crippen molar-refractivity contribution in [3.05, 3.63) is 0 Å². The Bertz CT molecular complexity index is 556. The van der Waals surface area contributed by atoms with Crippen molar-refractivity contribution in [2.75, 3.05) is 7.11 Å². The van der Waals surface area contributed by atoms with Crippen LogP contribution in [-0.2, 0) is 9.53 Å². The lowest BCUT2D eigenvalue weighted by Crippen LogP contribution is -2.55. The van der Waals surface area contributed by atoms with Crippen molar-refractivity contribution in [3.63, 3.8) is 0 Å². The lowest BCUT2D eigenvalue weighted by Gasteiger charge is -2.62. The first kappa shape index (κ1) is 16.8. The molecule has 140 valence electrons. The summed E-state index contributed by atoms with van der Waals surface area (Å²) in [6.07, 6.45) is 16.1. The van der Waals surface area contributed by atoms with E-state index in [0.29, 0.717) is 22.7 Å². The minimum absolute atomic E-state index is 0.518. The van der Waals surface area contributed by atoms with Crippen molar-refractivity contribution >= 4 is 5.78 Å². The highest BCUT2D eigenvalue weighted by atomic mass is 16.5. The summed E-state index contributed by atoms with van der Waals surface area (Å²) in [7, 11) is 1.91. The highest BCUT2D eigenvalue weighted by Crippen LogP contribution is 2.69. The number of carbonyl (C=O) groups is 1. The molecule has 0 aromatic heterocycles. The molecule has 5 rings (SSSR count). The van der Waals surface area contributed by atoms with Gasteiger partial charge in [-0.3, -0.25) is 4.79 Å². The van der Waals surface area contributed by atoms with E-state index in [9.17, 15) is 4.79 Å². The van der Waals surface area contributed by atoms with Crippen LogP contribution < -0.4 is 0 Å². The van der Waals surface area contributed by atoms with Gasteiger partial charge in [-0.25, -0.2) is 0 Å². The Morgan fingerprint density at radius 3 is 2.60 bits per heavy atom. The Kier molecular flexibility index (Phi) is 3.90. The maximum Gasteiger partial charge on any atom is 0.133 e. The molecule has 0 amide bonds. The molecule has 5 unspecified atom stereocenters. The number of methoxy groups -OCH3 is 1. The van der Waals surface area contributed by atoms with Crippen molar-refractivity contribution in [1.82, 2.24) is 0 Å². The van der Waals surface area contributed by atoms with Crippen LogP contribution in [0.15, 0.2) is 0 Å². The fraction of sp³-hybridized carbons (Fsp3) is 0.957. The predicted molar refractivity (Wildman–Crippen MR) is 99.2 cm³/mol. The Hall–Kier alpha value is -0.370. The number of hydrogen-bond donors (Lipinski definition) is 0. The van der Waals surface area contributed by atoms with Gasteiger partial charge in [-0.15, -0.1) is 0 Å². The van der Waals surface area contributed by atoms with Crippen LogP contribution in [0.5, 0.6) is 0 Å². The van der Waals surface area contributed by atoms with Crippen LogP contribution in [0, 0.1) is 40.4 Å². The number of hydrogen-bond acceptors (Lipinski definition) is 2. The molecule has 0 N–H and O–H groups in total. The van der Waals surface area contributed by atoms with Crippen LogP contribution in [0.25, 0.3) is 0 Å². The summed E-state index contributed by atoms with van der Waals surface area (Å²) in [5, 5.41) is 0. The second kappa shape index (κ2) is 5.81. The Labute approximate surface area is 153 Å². The monoisotopic (exact) mass is 344 g/mol. The second-order valence-electron chi connectivity index (χ2n) is 10.6. The number of rotatable bonds is 1. The molecule has 0 aliphatic heterocycles. The fourth-order valence-electron chi connectivity index (χ4n) is 8.92. The van der Waals surface area contributed by atoms with E-state index in [1.807, 2.05) is 7.11 Å². The molecule has 25 heavy (non-hydrogen) atoms. The minimum Gasteiger partial charge on any atom is -0.381 e. The van der Waals surface area contributed by atoms with E-state index in [2.05, 4.69) is 6.92 Å². The molecule has 0 heterocycles. The van der Waals surface area contributed by atoms with Crippen LogP contribution in [0.2, 0.25) is 0 Å². The summed E-state index contributed by atoms with van der Waals surface area (Å²) in [5.41, 5.74) is 1.14. The molecule has 5 saturated carbocycles. The van der Waals surface area contributed by atoms with Crippen LogP contribution in [0.4, 0.5) is 0 Å². The smallest absolute Gasteiger partial charge is 0.133 e. The third-order valence-electron chi connectivity index (χ3n) is 10.2.